The van der Waals surface area contributed by atoms with Crippen molar-refractivity contribution in [1.82, 2.24) is 15.2 Å². The third-order valence-corrected chi connectivity index (χ3v) is 6.99. The summed E-state index contributed by atoms with van der Waals surface area (Å²) in [6.07, 6.45) is 3.73. The Labute approximate surface area is 208 Å². The molecule has 35 heavy (non-hydrogen) atoms. The van der Waals surface area contributed by atoms with Gasteiger partial charge < -0.3 is 15.0 Å². The summed E-state index contributed by atoms with van der Waals surface area (Å²) in [6.45, 7) is 6.70. The van der Waals surface area contributed by atoms with Crippen LogP contribution in [0, 0.1) is 12.7 Å². The lowest BCUT2D eigenvalue weighted by Gasteiger charge is -2.29. The van der Waals surface area contributed by atoms with Gasteiger partial charge in [-0.05, 0) is 42.7 Å². The normalized spacial score (nSPS) is 15.3. The molecule has 1 aromatic heterocycles. The predicted octanol–water partition coefficient (Wildman–Crippen LogP) is 4.96. The van der Waals surface area contributed by atoms with Gasteiger partial charge in [0.15, 0.2) is 6.61 Å². The summed E-state index contributed by atoms with van der Waals surface area (Å²) in [5, 5.41) is 3.41. The second-order valence-corrected chi connectivity index (χ2v) is 9.73. The molecule has 1 aliphatic heterocycles. The van der Waals surface area contributed by atoms with Gasteiger partial charge in [-0.15, -0.1) is 11.3 Å². The fourth-order valence-corrected chi connectivity index (χ4v) is 4.80. The van der Waals surface area contributed by atoms with Crippen LogP contribution in [0.25, 0.3) is 10.6 Å². The molecule has 0 saturated carbocycles. The zero-order chi connectivity index (χ0) is 24.9. The molecular weight excluding hydrogens is 465 g/mol. The van der Waals surface area contributed by atoms with E-state index in [1.807, 2.05) is 36.4 Å². The van der Waals surface area contributed by atoms with Crippen LogP contribution in [0.1, 0.15) is 40.7 Å². The van der Waals surface area contributed by atoms with Crippen LogP contribution >= 0.6 is 11.3 Å². The molecule has 0 bridgehead atoms. The predicted molar refractivity (Wildman–Crippen MR) is 135 cm³/mol. The Kier molecular flexibility index (Phi) is 7.60. The second kappa shape index (κ2) is 10.8. The Hall–Kier alpha value is -3.52. The molecule has 1 N–H and O–H groups in total. The maximum Gasteiger partial charge on any atom is 0.263 e. The molecule has 2 amide bonds. The van der Waals surface area contributed by atoms with Crippen molar-refractivity contribution in [3.8, 4) is 16.3 Å². The van der Waals surface area contributed by atoms with E-state index in [9.17, 15) is 14.0 Å². The zero-order valence-corrected chi connectivity index (χ0v) is 20.8. The van der Waals surface area contributed by atoms with E-state index >= 15 is 0 Å². The quantitative estimate of drug-likeness (QED) is 0.473. The number of hydrogen-bond donors (Lipinski definition) is 1. The maximum absolute atomic E-state index is 14.1. The van der Waals surface area contributed by atoms with Crippen molar-refractivity contribution in [1.29, 1.82) is 0 Å². The van der Waals surface area contributed by atoms with E-state index in [4.69, 9.17) is 4.74 Å². The standard InChI is InChI=1S/C27H28FN3O3S/c1-17(2)19-10-12-21(13-11-19)34-16-24(32)31-14-6-7-20(15-31)30-26(33)25-18(3)29-27(35-25)22-8-4-5-9-23(22)28/h4-13,17,20H,14-16H2,1-3H3,(H,30,33). The Morgan fingerprint density at radius 2 is 1.94 bits per heavy atom. The number of benzene rings is 2. The number of aromatic nitrogens is 1. The van der Waals surface area contributed by atoms with Gasteiger partial charge in [-0.3, -0.25) is 9.59 Å². The lowest BCUT2D eigenvalue weighted by molar-refractivity contribution is -0.133. The van der Waals surface area contributed by atoms with Gasteiger partial charge in [0.2, 0.25) is 0 Å². The minimum atomic E-state index is -0.379. The SMILES string of the molecule is Cc1nc(-c2ccccc2F)sc1C(=O)NC1C=CCN(C(=O)COc2ccc(C(C)C)cc2)C1. The van der Waals surface area contributed by atoms with E-state index in [0.717, 1.165) is 11.3 Å². The molecule has 8 heteroatoms. The van der Waals surface area contributed by atoms with Crippen LogP contribution in [-0.2, 0) is 4.79 Å². The molecule has 1 atom stereocenters. The first kappa shape index (κ1) is 24.6. The minimum Gasteiger partial charge on any atom is -0.484 e. The highest BCUT2D eigenvalue weighted by Crippen LogP contribution is 2.29. The lowest BCUT2D eigenvalue weighted by Crippen LogP contribution is -2.48. The highest BCUT2D eigenvalue weighted by atomic mass is 32.1. The zero-order valence-electron chi connectivity index (χ0n) is 20.0. The highest BCUT2D eigenvalue weighted by Gasteiger charge is 2.24. The minimum absolute atomic E-state index is 0.0739. The van der Waals surface area contributed by atoms with Crippen LogP contribution in [-0.4, -0.2) is 47.4 Å². The maximum atomic E-state index is 14.1. The number of nitrogens with zero attached hydrogens (tertiary/aromatic N) is 2. The monoisotopic (exact) mass is 493 g/mol. The van der Waals surface area contributed by atoms with Gasteiger partial charge in [-0.25, -0.2) is 9.37 Å². The first-order chi connectivity index (χ1) is 16.8. The molecule has 0 radical (unpaired) electrons. The summed E-state index contributed by atoms with van der Waals surface area (Å²) in [5.74, 6) is 0.241. The molecular formula is C27H28FN3O3S. The number of halogens is 1. The fraction of sp³-hybridized carbons (Fsp3) is 0.296. The van der Waals surface area contributed by atoms with Crippen molar-refractivity contribution in [2.45, 2.75) is 32.7 Å². The van der Waals surface area contributed by atoms with Crippen molar-refractivity contribution in [2.24, 2.45) is 0 Å². The number of thiazole rings is 1. The van der Waals surface area contributed by atoms with Crippen LogP contribution in [0.4, 0.5) is 4.39 Å². The first-order valence-corrected chi connectivity index (χ1v) is 12.3. The first-order valence-electron chi connectivity index (χ1n) is 11.5. The van der Waals surface area contributed by atoms with Crippen LogP contribution in [0.5, 0.6) is 5.75 Å². The number of hydrogen-bond acceptors (Lipinski definition) is 5. The van der Waals surface area contributed by atoms with Crippen molar-refractivity contribution in [2.75, 3.05) is 19.7 Å². The molecule has 2 aromatic carbocycles. The Balaban J connectivity index is 1.34. The van der Waals surface area contributed by atoms with Gasteiger partial charge >= 0.3 is 0 Å². The summed E-state index contributed by atoms with van der Waals surface area (Å²) in [6, 6.07) is 13.8. The van der Waals surface area contributed by atoms with Crippen LogP contribution < -0.4 is 10.1 Å². The van der Waals surface area contributed by atoms with Crippen molar-refractivity contribution in [3.63, 3.8) is 0 Å². The summed E-state index contributed by atoms with van der Waals surface area (Å²) >= 11 is 1.15. The molecule has 4 rings (SSSR count). The molecule has 2 heterocycles. The van der Waals surface area contributed by atoms with Gasteiger partial charge in [-0.2, -0.15) is 0 Å². The Morgan fingerprint density at radius 3 is 2.66 bits per heavy atom. The number of carbonyl (C=O) groups excluding carboxylic acids is 2. The van der Waals surface area contributed by atoms with E-state index in [1.165, 1.54) is 11.6 Å². The molecule has 6 nitrogen and oxygen atoms in total. The van der Waals surface area contributed by atoms with E-state index < -0.39 is 0 Å². The molecule has 0 spiro atoms. The van der Waals surface area contributed by atoms with Gasteiger partial charge in [0.05, 0.1) is 11.7 Å². The van der Waals surface area contributed by atoms with Crippen LogP contribution in [0.15, 0.2) is 60.7 Å². The van der Waals surface area contributed by atoms with Gasteiger partial charge in [0.1, 0.15) is 21.5 Å². The number of ether oxygens (including phenoxy) is 1. The number of carbonyl (C=O) groups is 2. The molecule has 0 saturated heterocycles. The van der Waals surface area contributed by atoms with E-state index in [-0.39, 0.29) is 30.3 Å². The Bertz CT molecular complexity index is 1240. The largest absolute Gasteiger partial charge is 0.484 e. The number of amides is 2. The average molecular weight is 494 g/mol. The third kappa shape index (κ3) is 5.95. The third-order valence-electron chi connectivity index (χ3n) is 5.80. The van der Waals surface area contributed by atoms with E-state index in [2.05, 4.69) is 24.1 Å². The molecule has 1 aliphatic rings. The second-order valence-electron chi connectivity index (χ2n) is 8.73. The average Bonchev–Trinajstić information content (AvgIpc) is 3.24. The molecule has 182 valence electrons. The summed E-state index contributed by atoms with van der Waals surface area (Å²) in [5.41, 5.74) is 2.11. The number of nitrogens with one attached hydrogen (secondary N) is 1. The molecule has 1 unspecified atom stereocenters. The lowest BCUT2D eigenvalue weighted by atomic mass is 10.0. The topological polar surface area (TPSA) is 71.5 Å². The van der Waals surface area contributed by atoms with Crippen molar-refractivity contribution in [3.05, 3.63) is 82.6 Å². The van der Waals surface area contributed by atoms with Crippen LogP contribution in [0.2, 0.25) is 0 Å². The molecule has 0 aliphatic carbocycles. The Morgan fingerprint density at radius 1 is 1.20 bits per heavy atom. The van der Waals surface area contributed by atoms with E-state index in [0.29, 0.717) is 45.9 Å². The van der Waals surface area contributed by atoms with E-state index in [1.54, 1.807) is 30.0 Å². The smallest absolute Gasteiger partial charge is 0.263 e. The summed E-state index contributed by atoms with van der Waals surface area (Å²) in [7, 11) is 0. The van der Waals surface area contributed by atoms with Gasteiger partial charge in [0, 0.05) is 18.7 Å². The number of aryl methyl sites for hydroxylation is 1. The number of rotatable bonds is 7. The molecule has 0 fully saturated rings. The molecule has 3 aromatic rings. The van der Waals surface area contributed by atoms with Gasteiger partial charge in [0.25, 0.3) is 11.8 Å². The fourth-order valence-electron chi connectivity index (χ4n) is 3.80. The van der Waals surface area contributed by atoms with Crippen molar-refractivity contribution < 1.29 is 18.7 Å². The highest BCUT2D eigenvalue weighted by molar-refractivity contribution is 7.17. The van der Waals surface area contributed by atoms with Crippen LogP contribution in [0.3, 0.4) is 0 Å². The van der Waals surface area contributed by atoms with Gasteiger partial charge in [-0.1, -0.05) is 50.3 Å². The van der Waals surface area contributed by atoms with Crippen molar-refractivity contribution >= 4 is 23.2 Å². The summed E-state index contributed by atoms with van der Waals surface area (Å²) in [4.78, 5) is 32.1. The summed E-state index contributed by atoms with van der Waals surface area (Å²) < 4.78 is 19.8.